The highest BCUT2D eigenvalue weighted by atomic mass is 35.5. The van der Waals surface area contributed by atoms with E-state index in [9.17, 15) is 0 Å². The van der Waals surface area contributed by atoms with Gasteiger partial charge in [-0.25, -0.2) is 9.97 Å². The van der Waals surface area contributed by atoms with Crippen LogP contribution in [0.25, 0.3) is 10.2 Å². The molecule has 2 aromatic heterocycles. The van der Waals surface area contributed by atoms with Gasteiger partial charge < -0.3 is 10.1 Å². The van der Waals surface area contributed by atoms with Crippen LogP contribution >= 0.6 is 22.9 Å². The summed E-state index contributed by atoms with van der Waals surface area (Å²) in [7, 11) is 0. The number of anilines is 1. The lowest BCUT2D eigenvalue weighted by Crippen LogP contribution is -2.21. The quantitative estimate of drug-likeness (QED) is 0.591. The van der Waals surface area contributed by atoms with Gasteiger partial charge in [0.2, 0.25) is 0 Å². The van der Waals surface area contributed by atoms with Crippen LogP contribution in [0.3, 0.4) is 0 Å². The van der Waals surface area contributed by atoms with Crippen LogP contribution in [0.1, 0.15) is 32.1 Å². The SMILES string of the molecule is Clc1cc(Oc2ccc3nc(NC4CCCCC4)sc3c2)ccn1. The maximum atomic E-state index is 5.89. The lowest BCUT2D eigenvalue weighted by molar-refractivity contribution is 0.462. The smallest absolute Gasteiger partial charge is 0.184 e. The average molecular weight is 360 g/mol. The molecular formula is C18H18ClN3OS. The molecule has 1 aliphatic rings. The molecule has 0 bridgehead atoms. The summed E-state index contributed by atoms with van der Waals surface area (Å²) in [6, 6.07) is 10.0. The Morgan fingerprint density at radius 3 is 2.75 bits per heavy atom. The summed E-state index contributed by atoms with van der Waals surface area (Å²) in [5.41, 5.74) is 0.999. The zero-order chi connectivity index (χ0) is 16.4. The number of fused-ring (bicyclic) bond motifs is 1. The summed E-state index contributed by atoms with van der Waals surface area (Å²) >= 11 is 7.57. The molecule has 0 amide bonds. The number of pyridine rings is 1. The fourth-order valence-electron chi connectivity index (χ4n) is 3.04. The summed E-state index contributed by atoms with van der Waals surface area (Å²) in [5.74, 6) is 1.46. The molecule has 0 atom stereocenters. The van der Waals surface area contributed by atoms with E-state index in [1.54, 1.807) is 29.7 Å². The van der Waals surface area contributed by atoms with Crippen LogP contribution in [-0.2, 0) is 0 Å². The Kier molecular flexibility index (Phi) is 4.54. The van der Waals surface area contributed by atoms with E-state index >= 15 is 0 Å². The maximum Gasteiger partial charge on any atom is 0.184 e. The van der Waals surface area contributed by atoms with E-state index in [1.165, 1.54) is 32.1 Å². The molecule has 4 rings (SSSR count). The Bertz CT molecular complexity index is 845. The molecule has 0 aliphatic heterocycles. The highest BCUT2D eigenvalue weighted by Gasteiger charge is 2.15. The molecule has 4 nitrogen and oxygen atoms in total. The molecule has 0 saturated heterocycles. The second-order valence-electron chi connectivity index (χ2n) is 6.04. The van der Waals surface area contributed by atoms with E-state index in [0.717, 1.165) is 21.1 Å². The van der Waals surface area contributed by atoms with Crippen LogP contribution in [0.5, 0.6) is 11.5 Å². The molecule has 0 spiro atoms. The van der Waals surface area contributed by atoms with Crippen LogP contribution in [0.4, 0.5) is 5.13 Å². The monoisotopic (exact) mass is 359 g/mol. The van der Waals surface area contributed by atoms with E-state index in [2.05, 4.69) is 15.3 Å². The van der Waals surface area contributed by atoms with Gasteiger partial charge in [0, 0.05) is 24.4 Å². The van der Waals surface area contributed by atoms with Gasteiger partial charge in [-0.1, -0.05) is 42.2 Å². The predicted octanol–water partition coefficient (Wildman–Crippen LogP) is 5.88. The van der Waals surface area contributed by atoms with Gasteiger partial charge in [0.25, 0.3) is 0 Å². The number of hydrogen-bond donors (Lipinski definition) is 1. The first-order valence-corrected chi connectivity index (χ1v) is 9.42. The first-order chi connectivity index (χ1) is 11.8. The predicted molar refractivity (Wildman–Crippen MR) is 99.4 cm³/mol. The Morgan fingerprint density at radius 2 is 1.92 bits per heavy atom. The Morgan fingerprint density at radius 1 is 1.08 bits per heavy atom. The molecular weight excluding hydrogens is 342 g/mol. The second-order valence-corrected chi connectivity index (χ2v) is 7.46. The van der Waals surface area contributed by atoms with Gasteiger partial charge >= 0.3 is 0 Å². The zero-order valence-corrected chi connectivity index (χ0v) is 14.7. The van der Waals surface area contributed by atoms with Gasteiger partial charge in [0.15, 0.2) is 5.13 Å². The number of halogens is 1. The topological polar surface area (TPSA) is 47.0 Å². The molecule has 2 heterocycles. The van der Waals surface area contributed by atoms with Crippen LogP contribution in [0.2, 0.25) is 5.15 Å². The van der Waals surface area contributed by atoms with Gasteiger partial charge in [-0.05, 0) is 31.0 Å². The van der Waals surface area contributed by atoms with Crippen molar-refractivity contribution in [2.24, 2.45) is 0 Å². The molecule has 6 heteroatoms. The minimum Gasteiger partial charge on any atom is -0.457 e. The number of benzene rings is 1. The fourth-order valence-corrected chi connectivity index (χ4v) is 4.17. The van der Waals surface area contributed by atoms with Crippen molar-refractivity contribution in [2.75, 3.05) is 5.32 Å². The van der Waals surface area contributed by atoms with Gasteiger partial charge in [0.05, 0.1) is 10.2 Å². The molecule has 1 N–H and O–H groups in total. The lowest BCUT2D eigenvalue weighted by Gasteiger charge is -2.22. The Balaban J connectivity index is 1.52. The highest BCUT2D eigenvalue weighted by Crippen LogP contribution is 2.33. The number of hydrogen-bond acceptors (Lipinski definition) is 5. The Hall–Kier alpha value is -1.85. The molecule has 0 unspecified atom stereocenters. The molecule has 1 aromatic carbocycles. The van der Waals surface area contributed by atoms with Crippen molar-refractivity contribution in [2.45, 2.75) is 38.1 Å². The summed E-state index contributed by atoms with van der Waals surface area (Å²) < 4.78 is 6.98. The number of rotatable bonds is 4. The van der Waals surface area contributed by atoms with Gasteiger partial charge in [-0.3, -0.25) is 0 Å². The van der Waals surface area contributed by atoms with Crippen LogP contribution in [0, 0.1) is 0 Å². The van der Waals surface area contributed by atoms with Gasteiger partial charge in [0.1, 0.15) is 16.7 Å². The summed E-state index contributed by atoms with van der Waals surface area (Å²) in [4.78, 5) is 8.65. The van der Waals surface area contributed by atoms with Crippen molar-refractivity contribution < 1.29 is 4.74 Å². The lowest BCUT2D eigenvalue weighted by atomic mass is 9.96. The zero-order valence-electron chi connectivity index (χ0n) is 13.2. The van der Waals surface area contributed by atoms with Crippen molar-refractivity contribution in [3.05, 3.63) is 41.7 Å². The van der Waals surface area contributed by atoms with E-state index in [-0.39, 0.29) is 0 Å². The molecule has 124 valence electrons. The molecule has 1 saturated carbocycles. The van der Waals surface area contributed by atoms with E-state index in [0.29, 0.717) is 16.9 Å². The largest absolute Gasteiger partial charge is 0.457 e. The third-order valence-electron chi connectivity index (χ3n) is 4.23. The van der Waals surface area contributed by atoms with Crippen LogP contribution in [-0.4, -0.2) is 16.0 Å². The van der Waals surface area contributed by atoms with Crippen molar-refractivity contribution in [1.82, 2.24) is 9.97 Å². The van der Waals surface area contributed by atoms with Crippen molar-refractivity contribution in [3.8, 4) is 11.5 Å². The first-order valence-electron chi connectivity index (χ1n) is 8.23. The number of ether oxygens (including phenoxy) is 1. The van der Waals surface area contributed by atoms with Gasteiger partial charge in [-0.2, -0.15) is 0 Å². The maximum absolute atomic E-state index is 5.89. The van der Waals surface area contributed by atoms with Crippen molar-refractivity contribution >= 4 is 38.3 Å². The first kappa shape index (κ1) is 15.7. The molecule has 1 aliphatic carbocycles. The summed E-state index contributed by atoms with van der Waals surface area (Å²) in [5, 5.41) is 5.01. The molecule has 0 radical (unpaired) electrons. The van der Waals surface area contributed by atoms with E-state index in [4.69, 9.17) is 16.3 Å². The second kappa shape index (κ2) is 6.95. The number of aromatic nitrogens is 2. The fraction of sp³-hybridized carbons (Fsp3) is 0.333. The number of nitrogens with one attached hydrogen (secondary N) is 1. The number of nitrogens with zero attached hydrogens (tertiary/aromatic N) is 2. The number of thiazole rings is 1. The normalized spacial score (nSPS) is 15.5. The third kappa shape index (κ3) is 3.62. The van der Waals surface area contributed by atoms with Crippen LogP contribution in [0.15, 0.2) is 36.5 Å². The molecule has 3 aromatic rings. The highest BCUT2D eigenvalue weighted by molar-refractivity contribution is 7.22. The molecule has 1 fully saturated rings. The minimum atomic E-state index is 0.422. The average Bonchev–Trinajstić information content (AvgIpc) is 2.97. The summed E-state index contributed by atoms with van der Waals surface area (Å²) in [6.45, 7) is 0. The van der Waals surface area contributed by atoms with Crippen molar-refractivity contribution in [3.63, 3.8) is 0 Å². The Labute approximate surface area is 149 Å². The standard InChI is InChI=1S/C18H18ClN3OS/c19-17-11-14(8-9-20-17)23-13-6-7-15-16(10-13)24-18(22-15)21-12-4-2-1-3-5-12/h6-12H,1-5H2,(H,21,22). The van der Waals surface area contributed by atoms with Crippen LogP contribution < -0.4 is 10.1 Å². The van der Waals surface area contributed by atoms with E-state index < -0.39 is 0 Å². The minimum absolute atomic E-state index is 0.422. The van der Waals surface area contributed by atoms with E-state index in [1.807, 2.05) is 18.2 Å². The summed E-state index contributed by atoms with van der Waals surface area (Å²) in [6.07, 6.45) is 8.11. The van der Waals surface area contributed by atoms with Gasteiger partial charge in [-0.15, -0.1) is 0 Å². The third-order valence-corrected chi connectivity index (χ3v) is 5.38. The van der Waals surface area contributed by atoms with Crippen molar-refractivity contribution in [1.29, 1.82) is 0 Å². The molecule has 24 heavy (non-hydrogen) atoms.